The molecule has 1 aromatic heterocycles. The van der Waals surface area contributed by atoms with Crippen LogP contribution < -0.4 is 20.9 Å². The molecule has 13 nitrogen and oxygen atoms in total. The number of esters is 1. The number of nitrogens with one attached hydrogen (secondary N) is 2. The number of hydrogen-bond acceptors (Lipinski definition) is 10. The monoisotopic (exact) mass is 553 g/mol. The molecule has 2 aliphatic heterocycles. The maximum Gasteiger partial charge on any atom is 0.459 e. The second kappa shape index (κ2) is 11.1. The van der Waals surface area contributed by atoms with E-state index in [0.717, 1.165) is 10.6 Å². The Morgan fingerprint density at radius 3 is 2.63 bits per heavy atom. The molecule has 3 heterocycles. The van der Waals surface area contributed by atoms with Crippen molar-refractivity contribution in [3.8, 4) is 5.75 Å². The standard InChI is InChI=1S/C24H32N3O10P/c1-14(2)34-22(30)16(4)26-38(32,37-17-8-6-5-7-9-17)33-13-24-12-15(3)35-19(20(24)29)21(36-24)27-11-10-18(28)25-23(27)31/h5-11,14-16,19-21,29H,12-13H2,1-4H3,(H,26,32)(H,25,28,31)/t15?,16-,19?,20?,21?,24?,38?/m0/s1. The molecule has 2 saturated heterocycles. The van der Waals surface area contributed by atoms with Gasteiger partial charge in [0.15, 0.2) is 6.23 Å². The van der Waals surface area contributed by atoms with Gasteiger partial charge in [-0.3, -0.25) is 23.7 Å². The summed E-state index contributed by atoms with van der Waals surface area (Å²) >= 11 is 0. The van der Waals surface area contributed by atoms with E-state index >= 15 is 0 Å². The number of ether oxygens (including phenoxy) is 3. The predicted molar refractivity (Wildman–Crippen MR) is 134 cm³/mol. The number of rotatable bonds is 10. The lowest BCUT2D eigenvalue weighted by Gasteiger charge is -2.39. The van der Waals surface area contributed by atoms with Gasteiger partial charge in [0, 0.05) is 18.7 Å². The first kappa shape index (κ1) is 28.2. The zero-order valence-electron chi connectivity index (χ0n) is 21.4. The lowest BCUT2D eigenvalue weighted by atomic mass is 9.87. The summed E-state index contributed by atoms with van der Waals surface area (Å²) in [6.45, 7) is 6.16. The van der Waals surface area contributed by atoms with Gasteiger partial charge in [0.2, 0.25) is 0 Å². The highest BCUT2D eigenvalue weighted by atomic mass is 31.2. The van der Waals surface area contributed by atoms with Crippen molar-refractivity contribution in [1.82, 2.24) is 14.6 Å². The van der Waals surface area contributed by atoms with Gasteiger partial charge in [-0.2, -0.15) is 5.09 Å². The van der Waals surface area contributed by atoms with Crippen LogP contribution in [0.25, 0.3) is 0 Å². The fourth-order valence-electron chi connectivity index (χ4n) is 4.50. The van der Waals surface area contributed by atoms with Gasteiger partial charge in [0.1, 0.15) is 29.6 Å². The number of nitrogens with zero attached hydrogens (tertiary/aromatic N) is 1. The molecule has 2 aliphatic rings. The Morgan fingerprint density at radius 2 is 1.97 bits per heavy atom. The average molecular weight is 554 g/mol. The molecule has 6 unspecified atom stereocenters. The molecular formula is C24H32N3O10P. The Hall–Kier alpha value is -2.80. The zero-order valence-corrected chi connectivity index (χ0v) is 22.3. The molecule has 3 N–H and O–H groups in total. The summed E-state index contributed by atoms with van der Waals surface area (Å²) < 4.78 is 43.7. The molecule has 0 radical (unpaired) electrons. The topological polar surface area (TPSA) is 167 Å². The molecule has 14 heteroatoms. The average Bonchev–Trinajstić information content (AvgIpc) is 2.99. The molecule has 2 fully saturated rings. The molecule has 2 aromatic rings. The van der Waals surface area contributed by atoms with E-state index in [1.807, 2.05) is 0 Å². The van der Waals surface area contributed by atoms with Gasteiger partial charge in [-0.15, -0.1) is 0 Å². The third kappa shape index (κ3) is 6.09. The highest BCUT2D eigenvalue weighted by Crippen LogP contribution is 2.51. The van der Waals surface area contributed by atoms with Crippen molar-refractivity contribution in [3.05, 3.63) is 63.4 Å². The summed E-state index contributed by atoms with van der Waals surface area (Å²) in [4.78, 5) is 38.5. The molecule has 1 aromatic carbocycles. The number of aromatic nitrogens is 2. The van der Waals surface area contributed by atoms with Crippen LogP contribution in [0, 0.1) is 0 Å². The van der Waals surface area contributed by atoms with E-state index in [4.69, 9.17) is 23.3 Å². The quantitative estimate of drug-likeness (QED) is 0.288. The number of para-hydroxylation sites is 1. The van der Waals surface area contributed by atoms with Gasteiger partial charge in [0.05, 0.1) is 18.8 Å². The molecule has 208 valence electrons. The van der Waals surface area contributed by atoms with Crippen LogP contribution in [0.2, 0.25) is 0 Å². The maximum absolute atomic E-state index is 13.9. The van der Waals surface area contributed by atoms with E-state index in [1.54, 1.807) is 51.1 Å². The molecule has 4 rings (SSSR count). The van der Waals surface area contributed by atoms with E-state index in [0.29, 0.717) is 0 Å². The lowest BCUT2D eigenvalue weighted by molar-refractivity contribution is -0.158. The Balaban J connectivity index is 1.60. The number of H-pyrrole nitrogens is 1. The van der Waals surface area contributed by atoms with Crippen molar-refractivity contribution in [2.45, 2.75) is 76.4 Å². The Morgan fingerprint density at radius 1 is 1.26 bits per heavy atom. The third-order valence-corrected chi connectivity index (χ3v) is 7.76. The summed E-state index contributed by atoms with van der Waals surface area (Å²) in [5.74, 6) is -0.442. The zero-order chi connectivity index (χ0) is 27.7. The minimum atomic E-state index is -4.25. The van der Waals surface area contributed by atoms with Gasteiger partial charge in [0.25, 0.3) is 5.56 Å². The van der Waals surface area contributed by atoms with Crippen LogP contribution in [-0.4, -0.2) is 63.3 Å². The van der Waals surface area contributed by atoms with Crippen LogP contribution in [0.15, 0.2) is 52.2 Å². The fourth-order valence-corrected chi connectivity index (χ4v) is 6.04. The van der Waals surface area contributed by atoms with Crippen molar-refractivity contribution < 1.29 is 37.7 Å². The van der Waals surface area contributed by atoms with E-state index in [2.05, 4.69) is 10.1 Å². The molecule has 2 bridgehead atoms. The van der Waals surface area contributed by atoms with Crippen LogP contribution >= 0.6 is 7.75 Å². The van der Waals surface area contributed by atoms with Crippen LogP contribution in [0.1, 0.15) is 40.3 Å². The Bertz CT molecular complexity index is 1300. The first-order chi connectivity index (χ1) is 17.9. The Labute approximate surface area is 218 Å². The van der Waals surface area contributed by atoms with Gasteiger partial charge in [-0.05, 0) is 39.8 Å². The number of aromatic amines is 1. The van der Waals surface area contributed by atoms with Gasteiger partial charge in [-0.1, -0.05) is 18.2 Å². The first-order valence-electron chi connectivity index (χ1n) is 12.2. The summed E-state index contributed by atoms with van der Waals surface area (Å²) in [5, 5.41) is 13.8. The fraction of sp³-hybridized carbons (Fsp3) is 0.542. The van der Waals surface area contributed by atoms with Gasteiger partial charge < -0.3 is 23.8 Å². The molecule has 38 heavy (non-hydrogen) atoms. The second-order valence-electron chi connectivity index (χ2n) is 9.66. The number of hydrogen-bond donors (Lipinski definition) is 3. The van der Waals surface area contributed by atoms with Crippen molar-refractivity contribution >= 4 is 13.7 Å². The lowest BCUT2D eigenvalue weighted by Crippen LogP contribution is -2.54. The van der Waals surface area contributed by atoms with Crippen LogP contribution in [0.3, 0.4) is 0 Å². The number of aliphatic hydroxyl groups is 1. The number of fused-ring (bicyclic) bond motifs is 2. The highest BCUT2D eigenvalue weighted by Gasteiger charge is 2.61. The molecule has 0 spiro atoms. The van der Waals surface area contributed by atoms with E-state index in [1.165, 1.54) is 13.1 Å². The van der Waals surface area contributed by atoms with Crippen LogP contribution in [0.5, 0.6) is 5.75 Å². The molecule has 0 amide bonds. The van der Waals surface area contributed by atoms with E-state index < -0.39 is 73.9 Å². The molecule has 0 aliphatic carbocycles. The second-order valence-corrected chi connectivity index (χ2v) is 11.4. The van der Waals surface area contributed by atoms with Gasteiger partial charge in [-0.25, -0.2) is 9.36 Å². The van der Waals surface area contributed by atoms with Crippen molar-refractivity contribution in [1.29, 1.82) is 0 Å². The summed E-state index contributed by atoms with van der Waals surface area (Å²) in [6.07, 6.45) is -2.78. The Kier molecular flexibility index (Phi) is 8.26. The first-order valence-corrected chi connectivity index (χ1v) is 13.8. The van der Waals surface area contributed by atoms with E-state index in [-0.39, 0.29) is 12.2 Å². The van der Waals surface area contributed by atoms with Crippen molar-refractivity contribution in [2.24, 2.45) is 0 Å². The van der Waals surface area contributed by atoms with Crippen LogP contribution in [-0.2, 0) is 28.1 Å². The number of aliphatic hydroxyl groups excluding tert-OH is 1. The van der Waals surface area contributed by atoms with Crippen LogP contribution in [0.4, 0.5) is 0 Å². The minimum absolute atomic E-state index is 0.134. The smallest absolute Gasteiger partial charge is 0.459 e. The largest absolute Gasteiger partial charge is 0.462 e. The van der Waals surface area contributed by atoms with E-state index in [9.17, 15) is 24.1 Å². The highest BCUT2D eigenvalue weighted by molar-refractivity contribution is 7.52. The SMILES string of the molecule is CC(C)OC(=O)[C@H](C)NP(=O)(OCC12CC(C)OC(C(n3ccc(=O)[nH]c3=O)O1)C2O)Oc1ccccc1. The molecule has 0 saturated carbocycles. The van der Waals surface area contributed by atoms with Gasteiger partial charge >= 0.3 is 19.4 Å². The minimum Gasteiger partial charge on any atom is -0.462 e. The molecule has 7 atom stereocenters. The summed E-state index contributed by atoms with van der Waals surface area (Å²) in [5.41, 5.74) is -2.77. The van der Waals surface area contributed by atoms with Crippen molar-refractivity contribution in [3.63, 3.8) is 0 Å². The third-order valence-electron chi connectivity index (χ3n) is 6.14. The molecular weight excluding hydrogens is 521 g/mol. The number of carbonyl (C=O) groups is 1. The summed E-state index contributed by atoms with van der Waals surface area (Å²) in [6, 6.07) is 8.33. The predicted octanol–water partition coefficient (Wildman–Crippen LogP) is 1.48. The maximum atomic E-state index is 13.9. The summed E-state index contributed by atoms with van der Waals surface area (Å²) in [7, 11) is -4.25. The van der Waals surface area contributed by atoms with Crippen molar-refractivity contribution in [2.75, 3.05) is 6.61 Å². The number of benzene rings is 1. The number of carbonyl (C=O) groups excluding carboxylic acids is 1. The normalized spacial score (nSPS) is 29.0.